The van der Waals surface area contributed by atoms with Crippen LogP contribution in [0.25, 0.3) is 0 Å². The van der Waals surface area contributed by atoms with Crippen LogP contribution in [0.5, 0.6) is 11.5 Å². The molecule has 14 nitrogen and oxygen atoms in total. The molecule has 2 aromatic carbocycles. The second kappa shape index (κ2) is 20.4. The maximum absolute atomic E-state index is 12.4. The lowest BCUT2D eigenvalue weighted by molar-refractivity contribution is 0.0673. The van der Waals surface area contributed by atoms with Crippen molar-refractivity contribution in [1.29, 1.82) is 0 Å². The highest BCUT2D eigenvalue weighted by atomic mass is 35.5. The lowest BCUT2D eigenvalue weighted by Gasteiger charge is -2.23. The van der Waals surface area contributed by atoms with Gasteiger partial charge in [0.25, 0.3) is 11.1 Å². The number of aromatic amines is 2. The first-order chi connectivity index (χ1) is 24.5. The number of nitrogens with zero attached hydrogens (tertiary/aromatic N) is 2. The minimum absolute atomic E-state index is 0. The lowest BCUT2D eigenvalue weighted by atomic mass is 10.1. The molecule has 4 aromatic rings. The quantitative estimate of drug-likeness (QED) is 0.180. The number of anilines is 1. The van der Waals surface area contributed by atoms with Crippen molar-refractivity contribution in [3.05, 3.63) is 119 Å². The third kappa shape index (κ3) is 11.7. The fourth-order valence-electron chi connectivity index (χ4n) is 5.79. The highest BCUT2D eigenvalue weighted by Crippen LogP contribution is 2.22. The molecule has 2 fully saturated rings. The van der Waals surface area contributed by atoms with Crippen LogP contribution in [0.4, 0.5) is 5.82 Å². The van der Waals surface area contributed by atoms with E-state index >= 15 is 0 Å². The van der Waals surface area contributed by atoms with Gasteiger partial charge < -0.3 is 30.0 Å². The van der Waals surface area contributed by atoms with Crippen LogP contribution in [0.1, 0.15) is 82.3 Å². The van der Waals surface area contributed by atoms with Gasteiger partial charge in [-0.3, -0.25) is 28.7 Å². The monoisotopic (exact) mass is 742 g/mol. The van der Waals surface area contributed by atoms with E-state index in [1.54, 1.807) is 14.2 Å². The summed E-state index contributed by atoms with van der Waals surface area (Å²) in [5.74, 6) is 2.03. The Kier molecular flexibility index (Phi) is 16.4. The Balaban J connectivity index is 0.000000230. The number of nitrogens with two attached hydrogens (primary N) is 1. The van der Waals surface area contributed by atoms with Crippen molar-refractivity contribution in [1.82, 2.24) is 19.1 Å². The van der Waals surface area contributed by atoms with Crippen LogP contribution in [0, 0.1) is 0 Å². The maximum atomic E-state index is 12.4. The van der Waals surface area contributed by atoms with Gasteiger partial charge >= 0.3 is 11.4 Å². The van der Waals surface area contributed by atoms with E-state index in [-0.39, 0.29) is 53.6 Å². The average molecular weight is 743 g/mol. The van der Waals surface area contributed by atoms with Gasteiger partial charge in [-0.05, 0) is 74.9 Å². The summed E-state index contributed by atoms with van der Waals surface area (Å²) in [6, 6.07) is 17.9. The zero-order valence-electron chi connectivity index (χ0n) is 29.4. The zero-order valence-corrected chi connectivity index (χ0v) is 30.1. The molecule has 0 bridgehead atoms. The molecule has 6 rings (SSSR count). The van der Waals surface area contributed by atoms with Gasteiger partial charge in [0.05, 0.1) is 20.3 Å². The van der Waals surface area contributed by atoms with E-state index in [0.29, 0.717) is 57.9 Å². The SMILES string of the molecule is C.COc1cccc([C@H](C)N)c1.COc1cccc([C@H](C)Nc2cc(=O)n(C3CCOCC3)c(=O)[nH]2)c1.O=c1cc(Cl)[nH]c(=O)n1C1CCOCC1. The van der Waals surface area contributed by atoms with Gasteiger partial charge in [0.15, 0.2) is 0 Å². The summed E-state index contributed by atoms with van der Waals surface area (Å²) < 4.78 is 23.3. The van der Waals surface area contributed by atoms with E-state index in [2.05, 4.69) is 15.3 Å². The maximum Gasteiger partial charge on any atom is 0.330 e. The molecular formula is C37H51ClN6O8. The number of hydrogen-bond acceptors (Lipinski definition) is 10. The van der Waals surface area contributed by atoms with Gasteiger partial charge in [-0.15, -0.1) is 0 Å². The van der Waals surface area contributed by atoms with Crippen LogP contribution in [0.3, 0.4) is 0 Å². The van der Waals surface area contributed by atoms with E-state index in [0.717, 1.165) is 22.6 Å². The Morgan fingerprint density at radius 3 is 1.67 bits per heavy atom. The van der Waals surface area contributed by atoms with Crippen molar-refractivity contribution in [3.8, 4) is 11.5 Å². The molecule has 52 heavy (non-hydrogen) atoms. The van der Waals surface area contributed by atoms with Crippen LogP contribution in [0.15, 0.2) is 79.8 Å². The third-order valence-electron chi connectivity index (χ3n) is 8.60. The Morgan fingerprint density at radius 1 is 0.750 bits per heavy atom. The van der Waals surface area contributed by atoms with Crippen LogP contribution < -0.4 is 43.0 Å². The largest absolute Gasteiger partial charge is 0.497 e. The molecule has 4 heterocycles. The molecule has 0 saturated carbocycles. The van der Waals surface area contributed by atoms with Crippen molar-refractivity contribution in [2.75, 3.05) is 46.0 Å². The van der Waals surface area contributed by atoms with Gasteiger partial charge in [0.2, 0.25) is 0 Å². The highest BCUT2D eigenvalue weighted by Gasteiger charge is 2.21. The third-order valence-corrected chi connectivity index (χ3v) is 8.80. The van der Waals surface area contributed by atoms with E-state index in [9.17, 15) is 19.2 Å². The first-order valence-electron chi connectivity index (χ1n) is 16.8. The van der Waals surface area contributed by atoms with Gasteiger partial charge in [-0.1, -0.05) is 43.3 Å². The lowest BCUT2D eigenvalue weighted by Crippen LogP contribution is -2.40. The Bertz CT molecular complexity index is 1880. The summed E-state index contributed by atoms with van der Waals surface area (Å²) in [5, 5.41) is 3.25. The van der Waals surface area contributed by atoms with E-state index in [1.807, 2.05) is 62.4 Å². The number of rotatable bonds is 8. The predicted octanol–water partition coefficient (Wildman–Crippen LogP) is 4.96. The molecule has 0 spiro atoms. The van der Waals surface area contributed by atoms with Gasteiger partial charge in [0, 0.05) is 56.7 Å². The van der Waals surface area contributed by atoms with Crippen LogP contribution in [0.2, 0.25) is 5.15 Å². The van der Waals surface area contributed by atoms with Crippen molar-refractivity contribution in [2.24, 2.45) is 5.73 Å². The summed E-state index contributed by atoms with van der Waals surface area (Å²) in [7, 11) is 3.27. The van der Waals surface area contributed by atoms with Crippen LogP contribution in [-0.2, 0) is 9.47 Å². The number of H-pyrrole nitrogens is 2. The van der Waals surface area contributed by atoms with Crippen molar-refractivity contribution in [2.45, 2.75) is 71.1 Å². The number of aromatic nitrogens is 4. The fourth-order valence-corrected chi connectivity index (χ4v) is 5.96. The minimum Gasteiger partial charge on any atom is -0.497 e. The van der Waals surface area contributed by atoms with Gasteiger partial charge in [-0.2, -0.15) is 0 Å². The van der Waals surface area contributed by atoms with Crippen molar-refractivity contribution in [3.63, 3.8) is 0 Å². The molecule has 2 aliphatic rings. The molecule has 2 saturated heterocycles. The van der Waals surface area contributed by atoms with Gasteiger partial charge in [-0.25, -0.2) is 9.59 Å². The second-order valence-corrected chi connectivity index (χ2v) is 12.6. The standard InChI is InChI=1S/C18H23N3O4.C9H11ClN2O3.C9H13NO.CH4/c1-12(13-4-3-5-15(10-13)24-2)19-16-11-17(22)21(18(23)20-16)14-6-8-25-9-7-14;10-7-5-8(13)12(9(14)11-7)6-1-3-15-4-2-6;1-7(10)8-4-3-5-9(6-8)11-2;/h3-5,10-12,14,19H,6-9H2,1-2H3,(H,20,23);5-6H,1-4H2,(H,11,14);3-7H,10H2,1-2H3;1H4/t12-;;7-;/m0.0./s1. The molecule has 0 amide bonds. The molecule has 2 aromatic heterocycles. The molecule has 5 N–H and O–H groups in total. The second-order valence-electron chi connectivity index (χ2n) is 12.2. The van der Waals surface area contributed by atoms with Gasteiger partial charge in [0.1, 0.15) is 22.5 Å². The molecule has 2 atom stereocenters. The smallest absolute Gasteiger partial charge is 0.330 e. The first kappa shape index (κ1) is 41.8. The fraction of sp³-hybridized carbons (Fsp3) is 0.459. The van der Waals surface area contributed by atoms with E-state index in [1.165, 1.54) is 21.3 Å². The normalized spacial score (nSPS) is 15.7. The minimum atomic E-state index is -0.445. The number of nitrogens with one attached hydrogen (secondary N) is 3. The summed E-state index contributed by atoms with van der Waals surface area (Å²) in [6.07, 6.45) is 2.72. The Morgan fingerprint density at radius 2 is 1.21 bits per heavy atom. The van der Waals surface area contributed by atoms with E-state index < -0.39 is 5.69 Å². The Labute approximate surface area is 307 Å². The summed E-state index contributed by atoms with van der Waals surface area (Å²) >= 11 is 5.57. The molecule has 15 heteroatoms. The highest BCUT2D eigenvalue weighted by molar-refractivity contribution is 6.29. The number of benzene rings is 2. The van der Waals surface area contributed by atoms with E-state index in [4.69, 9.17) is 36.3 Å². The molecule has 0 unspecified atom stereocenters. The van der Waals surface area contributed by atoms with Crippen LogP contribution >= 0.6 is 11.6 Å². The predicted molar refractivity (Wildman–Crippen MR) is 203 cm³/mol. The summed E-state index contributed by atoms with van der Waals surface area (Å²) in [4.78, 5) is 53.1. The summed E-state index contributed by atoms with van der Waals surface area (Å²) in [5.41, 5.74) is 6.30. The molecule has 0 radical (unpaired) electrons. The van der Waals surface area contributed by atoms with Crippen LogP contribution in [-0.4, -0.2) is 59.7 Å². The number of hydrogen-bond donors (Lipinski definition) is 4. The Hall–Kier alpha value is -4.63. The first-order valence-corrected chi connectivity index (χ1v) is 17.2. The number of ether oxygens (including phenoxy) is 4. The molecule has 0 aliphatic carbocycles. The molecule has 284 valence electrons. The molecule has 2 aliphatic heterocycles. The number of halogens is 1. The molecular weight excluding hydrogens is 692 g/mol. The topological polar surface area (TPSA) is 185 Å². The van der Waals surface area contributed by atoms with Crippen molar-refractivity contribution >= 4 is 17.4 Å². The average Bonchev–Trinajstić information content (AvgIpc) is 3.12. The van der Waals surface area contributed by atoms with Crippen molar-refractivity contribution < 1.29 is 18.9 Å². The summed E-state index contributed by atoms with van der Waals surface area (Å²) in [6.45, 7) is 6.22. The zero-order chi connectivity index (χ0) is 36.9. The number of methoxy groups -OCH3 is 2.